The summed E-state index contributed by atoms with van der Waals surface area (Å²) in [6.45, 7) is 11.9. The lowest BCUT2D eigenvalue weighted by atomic mass is 9.34. The molecule has 0 unspecified atom stereocenters. The SMILES string of the molecule is CC1=C(O)C(=O)C=C2C1=CC=C1[C@@]2(C)CC[C@@]2(C)[C@@H]3C[C@](C)(O)C(=O)C(=O)[C@]3(C)CC[C@]12C. The van der Waals surface area contributed by atoms with Crippen molar-refractivity contribution in [3.8, 4) is 0 Å². The van der Waals surface area contributed by atoms with Gasteiger partial charge in [-0.05, 0) is 79.9 Å². The van der Waals surface area contributed by atoms with Gasteiger partial charge in [-0.25, -0.2) is 0 Å². The van der Waals surface area contributed by atoms with Crippen LogP contribution in [0.1, 0.15) is 73.6 Å². The molecule has 5 aliphatic carbocycles. The van der Waals surface area contributed by atoms with Gasteiger partial charge in [0.1, 0.15) is 5.60 Å². The van der Waals surface area contributed by atoms with Crippen LogP contribution in [0.2, 0.25) is 0 Å². The van der Waals surface area contributed by atoms with Gasteiger partial charge in [0.2, 0.25) is 17.3 Å². The van der Waals surface area contributed by atoms with E-state index >= 15 is 0 Å². The second-order valence-corrected chi connectivity index (χ2v) is 12.2. The van der Waals surface area contributed by atoms with E-state index in [1.54, 1.807) is 13.0 Å². The van der Waals surface area contributed by atoms with Crippen LogP contribution in [0.3, 0.4) is 0 Å². The molecular weight excluding hydrogens is 416 g/mol. The van der Waals surface area contributed by atoms with Crippen LogP contribution in [-0.4, -0.2) is 33.2 Å². The Labute approximate surface area is 195 Å². The number of rotatable bonds is 0. The topological polar surface area (TPSA) is 91.7 Å². The van der Waals surface area contributed by atoms with Gasteiger partial charge in [-0.15, -0.1) is 0 Å². The van der Waals surface area contributed by atoms with Crippen LogP contribution in [0.15, 0.2) is 46.3 Å². The zero-order valence-electron chi connectivity index (χ0n) is 20.5. The van der Waals surface area contributed by atoms with E-state index in [-0.39, 0.29) is 33.7 Å². The summed E-state index contributed by atoms with van der Waals surface area (Å²) in [6, 6.07) is 0. The highest BCUT2D eigenvalue weighted by molar-refractivity contribution is 6.42. The van der Waals surface area contributed by atoms with Crippen LogP contribution < -0.4 is 0 Å². The summed E-state index contributed by atoms with van der Waals surface area (Å²) in [5.41, 5.74) is 0.487. The zero-order chi connectivity index (χ0) is 24.4. The number of carbonyl (C=O) groups excluding carboxylic acids is 3. The predicted octanol–water partition coefficient (Wildman–Crippen LogP) is 4.72. The molecule has 33 heavy (non-hydrogen) atoms. The van der Waals surface area contributed by atoms with E-state index in [1.807, 2.05) is 13.0 Å². The number of ketones is 3. The summed E-state index contributed by atoms with van der Waals surface area (Å²) in [5.74, 6) is -1.71. The number of fused-ring (bicyclic) bond motifs is 7. The normalized spacial score (nSPS) is 47.1. The molecule has 0 aromatic rings. The van der Waals surface area contributed by atoms with Gasteiger partial charge in [-0.3, -0.25) is 14.4 Å². The fourth-order valence-corrected chi connectivity index (χ4v) is 8.20. The first-order valence-electron chi connectivity index (χ1n) is 12.1. The van der Waals surface area contributed by atoms with Crippen molar-refractivity contribution in [1.29, 1.82) is 0 Å². The first-order valence-corrected chi connectivity index (χ1v) is 12.1. The fourth-order valence-electron chi connectivity index (χ4n) is 8.20. The second kappa shape index (κ2) is 6.24. The van der Waals surface area contributed by atoms with Crippen LogP contribution in [0.4, 0.5) is 0 Å². The second-order valence-electron chi connectivity index (χ2n) is 12.2. The van der Waals surface area contributed by atoms with Gasteiger partial charge >= 0.3 is 0 Å². The summed E-state index contributed by atoms with van der Waals surface area (Å²) in [4.78, 5) is 38.5. The quantitative estimate of drug-likeness (QED) is 0.521. The largest absolute Gasteiger partial charge is 0.504 e. The Morgan fingerprint density at radius 1 is 0.909 bits per heavy atom. The molecule has 0 aromatic carbocycles. The highest BCUT2D eigenvalue weighted by Crippen LogP contribution is 2.74. The molecule has 176 valence electrons. The molecule has 5 nitrogen and oxygen atoms in total. The third kappa shape index (κ3) is 2.44. The van der Waals surface area contributed by atoms with Crippen LogP contribution in [-0.2, 0) is 14.4 Å². The lowest BCUT2D eigenvalue weighted by Crippen LogP contribution is -2.67. The monoisotopic (exact) mass is 450 g/mol. The summed E-state index contributed by atoms with van der Waals surface area (Å²) in [7, 11) is 0. The minimum Gasteiger partial charge on any atom is -0.504 e. The fraction of sp³-hybridized carbons (Fsp3) is 0.607. The molecule has 0 bridgehead atoms. The summed E-state index contributed by atoms with van der Waals surface area (Å²) >= 11 is 0. The maximum atomic E-state index is 13.2. The van der Waals surface area contributed by atoms with Crippen LogP contribution in [0.5, 0.6) is 0 Å². The van der Waals surface area contributed by atoms with E-state index in [1.165, 1.54) is 12.5 Å². The Balaban J connectivity index is 1.68. The highest BCUT2D eigenvalue weighted by Gasteiger charge is 2.70. The number of aliphatic hydroxyl groups is 2. The van der Waals surface area contributed by atoms with E-state index in [4.69, 9.17) is 0 Å². The van der Waals surface area contributed by atoms with Crippen LogP contribution in [0.25, 0.3) is 0 Å². The molecule has 0 heterocycles. The Morgan fingerprint density at radius 3 is 2.24 bits per heavy atom. The van der Waals surface area contributed by atoms with Crippen molar-refractivity contribution in [2.45, 2.75) is 79.2 Å². The molecule has 3 fully saturated rings. The molecule has 0 radical (unpaired) electrons. The van der Waals surface area contributed by atoms with Crippen LogP contribution >= 0.6 is 0 Å². The van der Waals surface area contributed by atoms with Crippen molar-refractivity contribution in [1.82, 2.24) is 0 Å². The maximum absolute atomic E-state index is 13.2. The van der Waals surface area contributed by atoms with Gasteiger partial charge in [0.15, 0.2) is 5.76 Å². The lowest BCUT2D eigenvalue weighted by Gasteiger charge is -2.68. The molecule has 5 heteroatoms. The van der Waals surface area contributed by atoms with Crippen molar-refractivity contribution in [3.63, 3.8) is 0 Å². The molecule has 3 saturated carbocycles. The molecule has 0 aromatic heterocycles. The number of carbonyl (C=O) groups is 3. The van der Waals surface area contributed by atoms with Gasteiger partial charge in [0.05, 0.1) is 0 Å². The number of hydrogen-bond acceptors (Lipinski definition) is 5. The van der Waals surface area contributed by atoms with Gasteiger partial charge in [-0.2, -0.15) is 0 Å². The Hall–Kier alpha value is -2.27. The molecule has 5 rings (SSSR count). The summed E-state index contributed by atoms with van der Waals surface area (Å²) < 4.78 is 0. The number of Topliss-reactive ketones (excluding diaryl/α,β-unsaturated/α-hetero) is 2. The maximum Gasteiger partial charge on any atom is 0.230 e. The van der Waals surface area contributed by atoms with Crippen molar-refractivity contribution in [3.05, 3.63) is 46.3 Å². The average Bonchev–Trinajstić information content (AvgIpc) is 2.75. The Morgan fingerprint density at radius 2 is 1.58 bits per heavy atom. The number of aliphatic hydroxyl groups excluding tert-OH is 1. The van der Waals surface area contributed by atoms with Gasteiger partial charge in [0.25, 0.3) is 0 Å². The molecule has 2 N–H and O–H groups in total. The first-order chi connectivity index (χ1) is 15.1. The lowest BCUT2D eigenvalue weighted by molar-refractivity contribution is -0.188. The smallest absolute Gasteiger partial charge is 0.230 e. The molecule has 0 amide bonds. The molecule has 5 aliphatic rings. The summed E-state index contributed by atoms with van der Waals surface area (Å²) in [6.07, 6.45) is 9.09. The van der Waals surface area contributed by atoms with Crippen molar-refractivity contribution in [2.75, 3.05) is 0 Å². The van der Waals surface area contributed by atoms with Gasteiger partial charge in [0, 0.05) is 16.4 Å². The van der Waals surface area contributed by atoms with E-state index < -0.39 is 22.6 Å². The van der Waals surface area contributed by atoms with E-state index in [0.29, 0.717) is 18.4 Å². The minimum atomic E-state index is -1.63. The predicted molar refractivity (Wildman–Crippen MR) is 124 cm³/mol. The van der Waals surface area contributed by atoms with Crippen LogP contribution in [0, 0.1) is 27.6 Å². The van der Waals surface area contributed by atoms with E-state index in [9.17, 15) is 24.6 Å². The standard InChI is InChI=1S/C28H34O5/c1-15-16-7-8-19-24(2,17(16)13-18(29)21(15)30)9-11-27(5)20-14-28(6,33)23(32)22(31)25(20,3)10-12-26(19,27)4/h7-8,13,20,30,33H,9-12,14H2,1-6H3/t20-,24+,25-,26-,27+,28+/m1/s1. The molecule has 0 saturated heterocycles. The summed E-state index contributed by atoms with van der Waals surface area (Å²) in [5, 5.41) is 21.1. The molecule has 6 atom stereocenters. The molecule has 0 aliphatic heterocycles. The van der Waals surface area contributed by atoms with Crippen molar-refractivity contribution >= 4 is 17.3 Å². The third-order valence-electron chi connectivity index (χ3n) is 10.7. The van der Waals surface area contributed by atoms with Gasteiger partial charge in [-0.1, -0.05) is 45.4 Å². The Bertz CT molecular complexity index is 1160. The van der Waals surface area contributed by atoms with Crippen molar-refractivity contribution in [2.24, 2.45) is 27.6 Å². The average molecular weight is 451 g/mol. The zero-order valence-corrected chi connectivity index (χ0v) is 20.5. The van der Waals surface area contributed by atoms with Gasteiger partial charge < -0.3 is 10.2 Å². The Kier molecular flexibility index (Phi) is 4.26. The number of allylic oxidation sites excluding steroid dienone is 7. The minimum absolute atomic E-state index is 0.118. The first kappa shape index (κ1) is 22.5. The highest BCUT2D eigenvalue weighted by atomic mass is 16.3. The van der Waals surface area contributed by atoms with E-state index in [2.05, 4.69) is 26.8 Å². The van der Waals surface area contributed by atoms with Crippen molar-refractivity contribution < 1.29 is 24.6 Å². The number of hydrogen-bond donors (Lipinski definition) is 2. The third-order valence-corrected chi connectivity index (χ3v) is 10.7. The molecule has 0 spiro atoms. The molecular formula is C28H34O5. The van der Waals surface area contributed by atoms with E-state index in [0.717, 1.165) is 30.4 Å².